The molecule has 1 amide bonds. The van der Waals surface area contributed by atoms with Crippen molar-refractivity contribution >= 4 is 45.6 Å². The minimum absolute atomic E-state index is 0.322. The van der Waals surface area contributed by atoms with Gasteiger partial charge in [0.1, 0.15) is 5.75 Å². The Labute approximate surface area is 181 Å². The number of amides is 1. The first-order valence-corrected chi connectivity index (χ1v) is 9.77. The molecule has 0 saturated carbocycles. The Bertz CT molecular complexity index is 1060. The summed E-state index contributed by atoms with van der Waals surface area (Å²) < 4.78 is 6.28. The summed E-state index contributed by atoms with van der Waals surface area (Å²) in [5.41, 5.74) is 4.88. The number of nitrogens with zero attached hydrogens (tertiary/aromatic N) is 1. The second-order valence-electron chi connectivity index (χ2n) is 6.14. The smallest absolute Gasteiger partial charge is 0.343 e. The molecule has 0 aliphatic rings. The lowest BCUT2D eigenvalue weighted by Gasteiger charge is -2.08. The molecule has 0 heterocycles. The molecule has 146 valence electrons. The fraction of sp³-hybridized carbons (Fsp3) is 0.0455. The highest BCUT2D eigenvalue weighted by molar-refractivity contribution is 9.10. The number of nitrogens with one attached hydrogen (secondary N) is 1. The highest BCUT2D eigenvalue weighted by atomic mass is 79.9. The topological polar surface area (TPSA) is 67.8 Å². The molecule has 29 heavy (non-hydrogen) atoms. The first kappa shape index (κ1) is 20.8. The van der Waals surface area contributed by atoms with Crippen molar-refractivity contribution in [1.82, 2.24) is 5.43 Å². The Balaban J connectivity index is 1.73. The van der Waals surface area contributed by atoms with Crippen molar-refractivity contribution in [2.45, 2.75) is 6.92 Å². The third-order valence-electron chi connectivity index (χ3n) is 3.94. The molecule has 3 aromatic carbocycles. The van der Waals surface area contributed by atoms with E-state index >= 15 is 0 Å². The van der Waals surface area contributed by atoms with Crippen LogP contribution < -0.4 is 10.2 Å². The molecule has 0 bridgehead atoms. The highest BCUT2D eigenvalue weighted by Crippen LogP contribution is 2.23. The largest absolute Gasteiger partial charge is 0.422 e. The molecule has 0 aliphatic carbocycles. The van der Waals surface area contributed by atoms with Crippen LogP contribution in [0.15, 0.2) is 76.3 Å². The van der Waals surface area contributed by atoms with E-state index in [0.29, 0.717) is 27.5 Å². The second kappa shape index (κ2) is 9.49. The number of carbonyl (C=O) groups is 2. The minimum Gasteiger partial charge on any atom is -0.422 e. The summed E-state index contributed by atoms with van der Waals surface area (Å²) in [6, 6.07) is 18.7. The van der Waals surface area contributed by atoms with Gasteiger partial charge in [-0.05, 0) is 61.5 Å². The predicted octanol–water partition coefficient (Wildman–Crippen LogP) is 5.39. The Morgan fingerprint density at radius 1 is 1.00 bits per heavy atom. The van der Waals surface area contributed by atoms with Gasteiger partial charge in [-0.25, -0.2) is 10.2 Å². The minimum atomic E-state index is -0.479. The van der Waals surface area contributed by atoms with Gasteiger partial charge in [-0.3, -0.25) is 4.79 Å². The fourth-order valence-electron chi connectivity index (χ4n) is 2.39. The zero-order chi connectivity index (χ0) is 20.8. The van der Waals surface area contributed by atoms with Crippen LogP contribution in [0.1, 0.15) is 31.8 Å². The quantitative estimate of drug-likeness (QED) is 0.235. The molecule has 3 rings (SSSR count). The maximum absolute atomic E-state index is 12.4. The Kier molecular flexibility index (Phi) is 6.80. The summed E-state index contributed by atoms with van der Waals surface area (Å²) in [4.78, 5) is 24.5. The molecule has 3 aromatic rings. The average molecular weight is 472 g/mol. The van der Waals surface area contributed by atoms with Crippen LogP contribution in [0.25, 0.3) is 0 Å². The van der Waals surface area contributed by atoms with Crippen molar-refractivity contribution < 1.29 is 14.3 Å². The van der Waals surface area contributed by atoms with Gasteiger partial charge in [0, 0.05) is 20.6 Å². The predicted molar refractivity (Wildman–Crippen MR) is 117 cm³/mol. The summed E-state index contributed by atoms with van der Waals surface area (Å²) in [5.74, 6) is -0.540. The lowest BCUT2D eigenvalue weighted by molar-refractivity contribution is 0.0734. The number of rotatable bonds is 5. The molecule has 0 unspecified atom stereocenters. The third-order valence-corrected chi connectivity index (χ3v) is 4.68. The van der Waals surface area contributed by atoms with Crippen LogP contribution in [0.5, 0.6) is 5.75 Å². The Hall–Kier alpha value is -2.96. The summed E-state index contributed by atoms with van der Waals surface area (Å²) in [6.07, 6.45) is 1.41. The van der Waals surface area contributed by atoms with E-state index in [9.17, 15) is 9.59 Å². The van der Waals surface area contributed by atoms with E-state index in [1.165, 1.54) is 6.21 Å². The fourth-order valence-corrected chi connectivity index (χ4v) is 2.89. The Morgan fingerprint density at radius 3 is 2.34 bits per heavy atom. The van der Waals surface area contributed by atoms with Gasteiger partial charge < -0.3 is 4.74 Å². The lowest BCUT2D eigenvalue weighted by Crippen LogP contribution is -2.17. The number of hydrogen-bond acceptors (Lipinski definition) is 4. The lowest BCUT2D eigenvalue weighted by atomic mass is 10.1. The maximum atomic E-state index is 12.4. The van der Waals surface area contributed by atoms with Crippen LogP contribution in [0.2, 0.25) is 5.02 Å². The van der Waals surface area contributed by atoms with E-state index in [-0.39, 0.29) is 5.91 Å². The van der Waals surface area contributed by atoms with Crippen LogP contribution in [-0.4, -0.2) is 18.1 Å². The first-order valence-electron chi connectivity index (χ1n) is 8.60. The van der Waals surface area contributed by atoms with Crippen LogP contribution in [0, 0.1) is 6.92 Å². The standard InChI is InChI=1S/C22H16BrClN2O3/c1-14-2-4-16(5-3-14)22(28)29-20-11-8-18(23)12-17(20)13-25-26-21(27)15-6-9-19(24)10-7-15/h2-13H,1H3,(H,26,27)/b25-13-. The molecule has 0 aliphatic heterocycles. The van der Waals surface area contributed by atoms with Gasteiger partial charge in [0.25, 0.3) is 5.91 Å². The summed E-state index contributed by atoms with van der Waals surface area (Å²) in [5, 5.41) is 4.51. The normalized spacial score (nSPS) is 10.7. The molecule has 0 spiro atoms. The summed E-state index contributed by atoms with van der Waals surface area (Å²) >= 11 is 9.20. The number of esters is 1. The Morgan fingerprint density at radius 2 is 1.66 bits per heavy atom. The van der Waals surface area contributed by atoms with E-state index in [4.69, 9.17) is 16.3 Å². The van der Waals surface area contributed by atoms with Crippen LogP contribution in [-0.2, 0) is 0 Å². The molecule has 0 radical (unpaired) electrons. The van der Waals surface area contributed by atoms with E-state index in [2.05, 4.69) is 26.5 Å². The van der Waals surface area contributed by atoms with Gasteiger partial charge in [0.2, 0.25) is 0 Å². The SMILES string of the molecule is Cc1ccc(C(=O)Oc2ccc(Br)cc2/C=N\NC(=O)c2ccc(Cl)cc2)cc1. The van der Waals surface area contributed by atoms with E-state index in [0.717, 1.165) is 10.0 Å². The first-order chi connectivity index (χ1) is 13.9. The summed E-state index contributed by atoms with van der Waals surface area (Å²) in [6.45, 7) is 1.94. The van der Waals surface area contributed by atoms with E-state index in [1.54, 1.807) is 54.6 Å². The monoisotopic (exact) mass is 470 g/mol. The van der Waals surface area contributed by atoms with E-state index in [1.807, 2.05) is 19.1 Å². The number of hydrogen-bond donors (Lipinski definition) is 1. The van der Waals surface area contributed by atoms with E-state index < -0.39 is 5.97 Å². The average Bonchev–Trinajstić information content (AvgIpc) is 2.70. The number of benzene rings is 3. The molecule has 7 heteroatoms. The third kappa shape index (κ3) is 5.76. The molecule has 0 aromatic heterocycles. The second-order valence-corrected chi connectivity index (χ2v) is 7.50. The molecule has 0 atom stereocenters. The van der Waals surface area contributed by atoms with Crippen LogP contribution in [0.4, 0.5) is 0 Å². The summed E-state index contributed by atoms with van der Waals surface area (Å²) in [7, 11) is 0. The van der Waals surface area contributed by atoms with Gasteiger partial charge >= 0.3 is 5.97 Å². The number of ether oxygens (including phenoxy) is 1. The van der Waals surface area contributed by atoms with Crippen molar-refractivity contribution in [3.05, 3.63) is 98.5 Å². The van der Waals surface area contributed by atoms with Crippen molar-refractivity contribution in [3.8, 4) is 5.75 Å². The zero-order valence-corrected chi connectivity index (χ0v) is 17.7. The molecule has 5 nitrogen and oxygen atoms in total. The number of halogens is 2. The highest BCUT2D eigenvalue weighted by Gasteiger charge is 2.12. The van der Waals surface area contributed by atoms with Gasteiger partial charge in [0.05, 0.1) is 11.8 Å². The molecule has 0 saturated heterocycles. The number of aryl methyl sites for hydroxylation is 1. The van der Waals surface area contributed by atoms with Crippen LogP contribution >= 0.6 is 27.5 Å². The molecular weight excluding hydrogens is 456 g/mol. The van der Waals surface area contributed by atoms with Gasteiger partial charge in [-0.2, -0.15) is 5.10 Å². The maximum Gasteiger partial charge on any atom is 0.343 e. The van der Waals surface area contributed by atoms with Crippen molar-refractivity contribution in [3.63, 3.8) is 0 Å². The molecule has 1 N–H and O–H groups in total. The number of hydrazone groups is 1. The van der Waals surface area contributed by atoms with Crippen molar-refractivity contribution in [1.29, 1.82) is 0 Å². The number of carbonyl (C=O) groups excluding carboxylic acids is 2. The molecule has 0 fully saturated rings. The van der Waals surface area contributed by atoms with Crippen molar-refractivity contribution in [2.75, 3.05) is 0 Å². The zero-order valence-electron chi connectivity index (χ0n) is 15.4. The van der Waals surface area contributed by atoms with Crippen LogP contribution in [0.3, 0.4) is 0 Å². The van der Waals surface area contributed by atoms with Gasteiger partial charge in [0.15, 0.2) is 0 Å². The molecular formula is C22H16BrClN2O3. The van der Waals surface area contributed by atoms with Gasteiger partial charge in [-0.15, -0.1) is 0 Å². The van der Waals surface area contributed by atoms with Gasteiger partial charge in [-0.1, -0.05) is 45.2 Å². The van der Waals surface area contributed by atoms with Crippen molar-refractivity contribution in [2.24, 2.45) is 5.10 Å².